The van der Waals surface area contributed by atoms with Crippen LogP contribution in [0.3, 0.4) is 0 Å². The van der Waals surface area contributed by atoms with E-state index in [0.29, 0.717) is 41.9 Å². The molecule has 0 atom stereocenters. The molecular formula is C19H23ClN2O5. The van der Waals surface area contributed by atoms with Crippen molar-refractivity contribution in [2.24, 2.45) is 0 Å². The molecule has 1 N–H and O–H groups in total. The molecule has 0 aliphatic heterocycles. The molecule has 146 valence electrons. The van der Waals surface area contributed by atoms with Gasteiger partial charge in [-0.05, 0) is 36.8 Å². The van der Waals surface area contributed by atoms with E-state index < -0.39 is 0 Å². The van der Waals surface area contributed by atoms with Gasteiger partial charge in [-0.1, -0.05) is 11.6 Å². The van der Waals surface area contributed by atoms with Crippen molar-refractivity contribution in [2.75, 3.05) is 34.0 Å². The monoisotopic (exact) mass is 394 g/mol. The van der Waals surface area contributed by atoms with Gasteiger partial charge in [0.2, 0.25) is 5.88 Å². The second-order valence-corrected chi connectivity index (χ2v) is 5.83. The van der Waals surface area contributed by atoms with E-state index in [9.17, 15) is 4.79 Å². The van der Waals surface area contributed by atoms with E-state index in [1.807, 2.05) is 6.92 Å². The molecule has 7 nitrogen and oxygen atoms in total. The van der Waals surface area contributed by atoms with Crippen LogP contribution in [0.4, 0.5) is 0 Å². The summed E-state index contributed by atoms with van der Waals surface area (Å²) in [5.41, 5.74) is 1.12. The number of carbonyl (C=O) groups is 1. The lowest BCUT2D eigenvalue weighted by molar-refractivity contribution is 0.0941. The van der Waals surface area contributed by atoms with Crippen molar-refractivity contribution in [2.45, 2.75) is 13.5 Å². The van der Waals surface area contributed by atoms with E-state index in [1.54, 1.807) is 37.6 Å². The third-order valence-electron chi connectivity index (χ3n) is 3.57. The summed E-state index contributed by atoms with van der Waals surface area (Å²) in [4.78, 5) is 16.6. The zero-order chi connectivity index (χ0) is 19.6. The first kappa shape index (κ1) is 20.8. The first-order valence-electron chi connectivity index (χ1n) is 8.44. The average molecular weight is 395 g/mol. The average Bonchev–Trinajstić information content (AvgIpc) is 2.68. The quantitative estimate of drug-likeness (QED) is 0.624. The highest BCUT2D eigenvalue weighted by molar-refractivity contribution is 6.32. The van der Waals surface area contributed by atoms with Crippen molar-refractivity contribution in [3.8, 4) is 17.4 Å². The van der Waals surface area contributed by atoms with Crippen LogP contribution in [0.1, 0.15) is 22.8 Å². The molecule has 27 heavy (non-hydrogen) atoms. The number of carbonyl (C=O) groups excluding carboxylic acids is 1. The molecule has 0 bridgehead atoms. The minimum Gasteiger partial charge on any atom is -0.493 e. The lowest BCUT2D eigenvalue weighted by atomic mass is 10.2. The highest BCUT2D eigenvalue weighted by Crippen LogP contribution is 2.36. The third-order valence-corrected chi connectivity index (χ3v) is 3.85. The van der Waals surface area contributed by atoms with E-state index in [2.05, 4.69) is 10.3 Å². The second kappa shape index (κ2) is 10.6. The number of rotatable bonds is 10. The molecule has 1 aromatic carbocycles. The van der Waals surface area contributed by atoms with Crippen LogP contribution < -0.4 is 19.5 Å². The van der Waals surface area contributed by atoms with Crippen LogP contribution in [-0.4, -0.2) is 44.9 Å². The van der Waals surface area contributed by atoms with Gasteiger partial charge in [0.15, 0.2) is 11.5 Å². The van der Waals surface area contributed by atoms with Crippen molar-refractivity contribution >= 4 is 17.5 Å². The maximum absolute atomic E-state index is 12.5. The summed E-state index contributed by atoms with van der Waals surface area (Å²) in [6, 6.07) is 6.83. The fraction of sp³-hybridized carbons (Fsp3) is 0.368. The minimum atomic E-state index is -0.306. The SMILES string of the molecule is CCOc1c(Cl)cc(CNC(=O)c2cccnc2OCCOC)cc1OC. The molecule has 0 saturated carbocycles. The number of ether oxygens (including phenoxy) is 4. The van der Waals surface area contributed by atoms with Crippen LogP contribution in [0.15, 0.2) is 30.5 Å². The highest BCUT2D eigenvalue weighted by atomic mass is 35.5. The molecule has 0 aliphatic carbocycles. The first-order chi connectivity index (χ1) is 13.1. The Morgan fingerprint density at radius 1 is 1.22 bits per heavy atom. The molecular weight excluding hydrogens is 372 g/mol. The summed E-state index contributed by atoms with van der Waals surface area (Å²) >= 11 is 6.26. The van der Waals surface area contributed by atoms with Crippen LogP contribution in [0.5, 0.6) is 17.4 Å². The normalized spacial score (nSPS) is 10.4. The van der Waals surface area contributed by atoms with Gasteiger partial charge in [-0.2, -0.15) is 0 Å². The summed E-state index contributed by atoms with van der Waals surface area (Å²) < 4.78 is 21.2. The number of pyridine rings is 1. The maximum atomic E-state index is 12.5. The molecule has 1 heterocycles. The number of halogens is 1. The Labute approximate surface area is 163 Å². The Bertz CT molecular complexity index is 770. The van der Waals surface area contributed by atoms with Gasteiger partial charge in [0.25, 0.3) is 5.91 Å². The van der Waals surface area contributed by atoms with Gasteiger partial charge in [-0.3, -0.25) is 4.79 Å². The van der Waals surface area contributed by atoms with Crippen LogP contribution in [0.2, 0.25) is 5.02 Å². The zero-order valence-corrected chi connectivity index (χ0v) is 16.3. The van der Waals surface area contributed by atoms with E-state index in [0.717, 1.165) is 5.56 Å². The number of methoxy groups -OCH3 is 2. The number of hydrogen-bond donors (Lipinski definition) is 1. The molecule has 1 amide bonds. The summed E-state index contributed by atoms with van der Waals surface area (Å²) in [5, 5.41) is 3.25. The van der Waals surface area contributed by atoms with Gasteiger partial charge < -0.3 is 24.3 Å². The molecule has 0 radical (unpaired) electrons. The molecule has 0 saturated heterocycles. The van der Waals surface area contributed by atoms with Gasteiger partial charge in [-0.25, -0.2) is 4.98 Å². The van der Waals surface area contributed by atoms with Gasteiger partial charge in [0.05, 0.1) is 25.3 Å². The van der Waals surface area contributed by atoms with Crippen molar-refractivity contribution in [1.82, 2.24) is 10.3 Å². The van der Waals surface area contributed by atoms with Gasteiger partial charge in [0, 0.05) is 19.9 Å². The molecule has 0 aliphatic rings. The Hall–Kier alpha value is -2.51. The van der Waals surface area contributed by atoms with Crippen molar-refractivity contribution in [3.63, 3.8) is 0 Å². The number of nitrogens with zero attached hydrogens (tertiary/aromatic N) is 1. The fourth-order valence-electron chi connectivity index (χ4n) is 2.34. The third kappa shape index (κ3) is 5.74. The van der Waals surface area contributed by atoms with Crippen LogP contribution in [0.25, 0.3) is 0 Å². The molecule has 1 aromatic heterocycles. The lowest BCUT2D eigenvalue weighted by Gasteiger charge is -2.14. The largest absolute Gasteiger partial charge is 0.493 e. The molecule has 0 spiro atoms. The van der Waals surface area contributed by atoms with E-state index >= 15 is 0 Å². The van der Waals surface area contributed by atoms with E-state index in [4.69, 9.17) is 30.5 Å². The number of nitrogens with one attached hydrogen (secondary N) is 1. The molecule has 0 fully saturated rings. The zero-order valence-electron chi connectivity index (χ0n) is 15.6. The van der Waals surface area contributed by atoms with Crippen molar-refractivity contribution in [1.29, 1.82) is 0 Å². The maximum Gasteiger partial charge on any atom is 0.257 e. The predicted octanol–water partition coefficient (Wildman–Crippen LogP) is 3.10. The standard InChI is InChI=1S/C19H23ClN2O5/c1-4-26-17-15(20)10-13(11-16(17)25-3)12-22-18(23)14-6-5-7-21-19(14)27-9-8-24-2/h5-7,10-11H,4,8-9,12H2,1-3H3,(H,22,23). The van der Waals surface area contributed by atoms with Gasteiger partial charge in [0.1, 0.15) is 12.2 Å². The Balaban J connectivity index is 2.09. The van der Waals surface area contributed by atoms with E-state index in [1.165, 1.54) is 7.11 Å². The van der Waals surface area contributed by atoms with Crippen LogP contribution in [-0.2, 0) is 11.3 Å². The number of hydrogen-bond acceptors (Lipinski definition) is 6. The minimum absolute atomic E-state index is 0.258. The Morgan fingerprint density at radius 2 is 2.04 bits per heavy atom. The number of amides is 1. The van der Waals surface area contributed by atoms with Gasteiger partial charge in [-0.15, -0.1) is 0 Å². The van der Waals surface area contributed by atoms with E-state index in [-0.39, 0.29) is 18.3 Å². The first-order valence-corrected chi connectivity index (χ1v) is 8.82. The summed E-state index contributed by atoms with van der Waals surface area (Å²) in [5.74, 6) is 0.949. The predicted molar refractivity (Wildman–Crippen MR) is 102 cm³/mol. The molecule has 0 unspecified atom stereocenters. The van der Waals surface area contributed by atoms with Gasteiger partial charge >= 0.3 is 0 Å². The molecule has 2 aromatic rings. The van der Waals surface area contributed by atoms with Crippen molar-refractivity contribution < 1.29 is 23.7 Å². The van der Waals surface area contributed by atoms with Crippen LogP contribution >= 0.6 is 11.6 Å². The Morgan fingerprint density at radius 3 is 2.74 bits per heavy atom. The summed E-state index contributed by atoms with van der Waals surface area (Å²) in [6.45, 7) is 3.30. The summed E-state index contributed by atoms with van der Waals surface area (Å²) in [6.07, 6.45) is 1.57. The smallest absolute Gasteiger partial charge is 0.257 e. The topological polar surface area (TPSA) is 78.9 Å². The van der Waals surface area contributed by atoms with Crippen molar-refractivity contribution in [3.05, 3.63) is 46.6 Å². The van der Waals surface area contributed by atoms with Crippen LogP contribution in [0, 0.1) is 0 Å². The number of aromatic nitrogens is 1. The fourth-order valence-corrected chi connectivity index (χ4v) is 2.63. The molecule has 2 rings (SSSR count). The Kier molecular flexibility index (Phi) is 8.16. The highest BCUT2D eigenvalue weighted by Gasteiger charge is 2.15. The lowest BCUT2D eigenvalue weighted by Crippen LogP contribution is -2.24. The molecule has 8 heteroatoms. The number of benzene rings is 1. The summed E-state index contributed by atoms with van der Waals surface area (Å²) in [7, 11) is 3.11. The second-order valence-electron chi connectivity index (χ2n) is 5.42.